The highest BCUT2D eigenvalue weighted by molar-refractivity contribution is 5.88. The van der Waals surface area contributed by atoms with Crippen molar-refractivity contribution in [1.82, 2.24) is 0 Å². The van der Waals surface area contributed by atoms with Gasteiger partial charge >= 0.3 is 11.9 Å². The first-order chi connectivity index (χ1) is 6.91. The Balaban J connectivity index is 3.24. The van der Waals surface area contributed by atoms with E-state index >= 15 is 0 Å². The monoisotopic (exact) mass is 208 g/mol. The molecule has 0 aromatic heterocycles. The molecule has 1 rings (SSSR count). The number of carboxylic acid groups (broad SMARTS) is 2. The van der Waals surface area contributed by atoms with Crippen molar-refractivity contribution in [2.24, 2.45) is 0 Å². The number of hydrogen-bond acceptors (Lipinski definition) is 2. The topological polar surface area (TPSA) is 74.6 Å². The van der Waals surface area contributed by atoms with E-state index in [-0.39, 0.29) is 12.0 Å². The molecule has 0 amide bonds. The molecular weight excluding hydrogens is 196 g/mol. The number of aliphatic carboxylic acids is 1. The summed E-state index contributed by atoms with van der Waals surface area (Å²) >= 11 is 0. The van der Waals surface area contributed by atoms with Crippen molar-refractivity contribution in [2.45, 2.75) is 20.3 Å². The van der Waals surface area contributed by atoms with Crippen LogP contribution in [-0.4, -0.2) is 22.2 Å². The lowest BCUT2D eigenvalue weighted by atomic mass is 9.97. The molecule has 2 N–H and O–H groups in total. The van der Waals surface area contributed by atoms with Crippen molar-refractivity contribution >= 4 is 11.9 Å². The average Bonchev–Trinajstić information content (AvgIpc) is 2.11. The van der Waals surface area contributed by atoms with Gasteiger partial charge in [0.1, 0.15) is 0 Å². The first-order valence-electron chi connectivity index (χ1n) is 4.47. The molecule has 1 aromatic carbocycles. The van der Waals surface area contributed by atoms with Crippen LogP contribution in [0.3, 0.4) is 0 Å². The highest BCUT2D eigenvalue weighted by Crippen LogP contribution is 2.17. The molecule has 4 nitrogen and oxygen atoms in total. The highest BCUT2D eigenvalue weighted by atomic mass is 16.4. The van der Waals surface area contributed by atoms with E-state index in [0.29, 0.717) is 5.56 Å². The molecule has 1 aromatic rings. The number of carboxylic acids is 2. The van der Waals surface area contributed by atoms with Crippen LogP contribution in [0.15, 0.2) is 12.1 Å². The number of carbonyl (C=O) groups is 2. The van der Waals surface area contributed by atoms with E-state index in [9.17, 15) is 9.59 Å². The van der Waals surface area contributed by atoms with Gasteiger partial charge in [-0.1, -0.05) is 0 Å². The number of rotatable bonds is 3. The van der Waals surface area contributed by atoms with E-state index in [1.807, 2.05) is 0 Å². The summed E-state index contributed by atoms with van der Waals surface area (Å²) in [6.45, 7) is 3.56. The molecular formula is C11H12O4. The van der Waals surface area contributed by atoms with Crippen LogP contribution in [-0.2, 0) is 11.2 Å². The minimum Gasteiger partial charge on any atom is -0.481 e. The summed E-state index contributed by atoms with van der Waals surface area (Å²) in [5.74, 6) is -2.00. The Hall–Kier alpha value is -1.84. The number of benzene rings is 1. The van der Waals surface area contributed by atoms with Crippen molar-refractivity contribution in [3.63, 3.8) is 0 Å². The van der Waals surface area contributed by atoms with Crippen molar-refractivity contribution in [2.75, 3.05) is 0 Å². The molecule has 0 spiro atoms. The molecule has 0 bridgehead atoms. The van der Waals surface area contributed by atoms with Gasteiger partial charge < -0.3 is 10.2 Å². The predicted octanol–water partition coefficient (Wildman–Crippen LogP) is 1.63. The van der Waals surface area contributed by atoms with Gasteiger partial charge in [0.15, 0.2) is 0 Å². The Labute approximate surface area is 87.2 Å². The Kier molecular flexibility index (Phi) is 3.09. The van der Waals surface area contributed by atoms with Crippen LogP contribution in [0.25, 0.3) is 0 Å². The summed E-state index contributed by atoms with van der Waals surface area (Å²) in [7, 11) is 0. The molecule has 80 valence electrons. The molecule has 0 saturated heterocycles. The molecule has 0 saturated carbocycles. The highest BCUT2D eigenvalue weighted by Gasteiger charge is 2.11. The first-order valence-corrected chi connectivity index (χ1v) is 4.47. The van der Waals surface area contributed by atoms with E-state index in [1.165, 1.54) is 6.07 Å². The summed E-state index contributed by atoms with van der Waals surface area (Å²) in [5.41, 5.74) is 2.32. The summed E-state index contributed by atoms with van der Waals surface area (Å²) in [6.07, 6.45) is -0.145. The van der Waals surface area contributed by atoms with Gasteiger partial charge in [-0.05, 0) is 42.7 Å². The van der Waals surface area contributed by atoms with Crippen LogP contribution in [0.4, 0.5) is 0 Å². The normalized spacial score (nSPS) is 10.0. The lowest BCUT2D eigenvalue weighted by Gasteiger charge is -2.08. The number of aryl methyl sites for hydroxylation is 1. The van der Waals surface area contributed by atoms with Crippen LogP contribution in [0.1, 0.15) is 27.0 Å². The van der Waals surface area contributed by atoms with Crippen LogP contribution in [0, 0.1) is 13.8 Å². The standard InChI is InChI=1S/C11H12O4/c1-6-3-9(11(14)15)4-8(7(6)2)5-10(12)13/h3-4H,5H2,1-2H3,(H,12,13)(H,14,15). The van der Waals surface area contributed by atoms with E-state index in [4.69, 9.17) is 10.2 Å². The lowest BCUT2D eigenvalue weighted by Crippen LogP contribution is -2.06. The fraction of sp³-hybridized carbons (Fsp3) is 0.273. The summed E-state index contributed by atoms with van der Waals surface area (Å²) in [6, 6.07) is 2.96. The molecule has 0 aliphatic heterocycles. The fourth-order valence-electron chi connectivity index (χ4n) is 1.40. The minimum absolute atomic E-state index is 0.134. The predicted molar refractivity (Wildman–Crippen MR) is 54.2 cm³/mol. The van der Waals surface area contributed by atoms with Crippen molar-refractivity contribution < 1.29 is 19.8 Å². The van der Waals surface area contributed by atoms with Crippen LogP contribution in [0.2, 0.25) is 0 Å². The van der Waals surface area contributed by atoms with Gasteiger partial charge in [0, 0.05) is 0 Å². The quantitative estimate of drug-likeness (QED) is 0.791. The Morgan fingerprint density at radius 3 is 2.27 bits per heavy atom. The van der Waals surface area contributed by atoms with Crippen molar-refractivity contribution in [3.05, 3.63) is 34.4 Å². The third-order valence-corrected chi connectivity index (χ3v) is 2.36. The molecule has 0 unspecified atom stereocenters. The molecule has 0 heterocycles. The Morgan fingerprint density at radius 2 is 1.80 bits per heavy atom. The van der Waals surface area contributed by atoms with Gasteiger partial charge in [0.2, 0.25) is 0 Å². The largest absolute Gasteiger partial charge is 0.481 e. The van der Waals surface area contributed by atoms with E-state index in [1.54, 1.807) is 19.9 Å². The second-order valence-corrected chi connectivity index (χ2v) is 3.45. The first kappa shape index (κ1) is 11.2. The number of aromatic carboxylic acids is 1. The lowest BCUT2D eigenvalue weighted by molar-refractivity contribution is -0.136. The van der Waals surface area contributed by atoms with Gasteiger partial charge in [-0.3, -0.25) is 4.79 Å². The molecule has 0 radical (unpaired) electrons. The zero-order chi connectivity index (χ0) is 11.6. The maximum absolute atomic E-state index is 10.8. The zero-order valence-electron chi connectivity index (χ0n) is 8.57. The summed E-state index contributed by atoms with van der Waals surface area (Å²) < 4.78 is 0. The van der Waals surface area contributed by atoms with Gasteiger partial charge in [-0.25, -0.2) is 4.79 Å². The SMILES string of the molecule is Cc1cc(C(=O)O)cc(CC(=O)O)c1C. The van der Waals surface area contributed by atoms with E-state index < -0.39 is 11.9 Å². The van der Waals surface area contributed by atoms with Gasteiger partial charge in [-0.2, -0.15) is 0 Å². The molecule has 0 aliphatic carbocycles. The van der Waals surface area contributed by atoms with E-state index in [2.05, 4.69) is 0 Å². The molecule has 15 heavy (non-hydrogen) atoms. The molecule has 0 fully saturated rings. The summed E-state index contributed by atoms with van der Waals surface area (Å²) in [4.78, 5) is 21.3. The third-order valence-electron chi connectivity index (χ3n) is 2.36. The fourth-order valence-corrected chi connectivity index (χ4v) is 1.40. The zero-order valence-corrected chi connectivity index (χ0v) is 8.57. The molecule has 4 heteroatoms. The van der Waals surface area contributed by atoms with Gasteiger partial charge in [-0.15, -0.1) is 0 Å². The smallest absolute Gasteiger partial charge is 0.335 e. The van der Waals surface area contributed by atoms with Crippen molar-refractivity contribution in [3.8, 4) is 0 Å². The maximum Gasteiger partial charge on any atom is 0.335 e. The summed E-state index contributed by atoms with van der Waals surface area (Å²) in [5, 5.41) is 17.5. The Morgan fingerprint density at radius 1 is 1.20 bits per heavy atom. The second kappa shape index (κ2) is 4.13. The molecule has 0 atom stereocenters. The minimum atomic E-state index is -1.04. The van der Waals surface area contributed by atoms with Crippen LogP contribution < -0.4 is 0 Å². The second-order valence-electron chi connectivity index (χ2n) is 3.45. The maximum atomic E-state index is 10.8. The van der Waals surface area contributed by atoms with E-state index in [0.717, 1.165) is 11.1 Å². The van der Waals surface area contributed by atoms with Gasteiger partial charge in [0.25, 0.3) is 0 Å². The van der Waals surface area contributed by atoms with Crippen molar-refractivity contribution in [1.29, 1.82) is 0 Å². The van der Waals surface area contributed by atoms with Crippen LogP contribution in [0.5, 0.6) is 0 Å². The van der Waals surface area contributed by atoms with Crippen LogP contribution >= 0.6 is 0 Å². The average molecular weight is 208 g/mol. The Bertz CT molecular complexity index is 421. The third kappa shape index (κ3) is 2.56. The number of hydrogen-bond donors (Lipinski definition) is 2. The van der Waals surface area contributed by atoms with Gasteiger partial charge in [0.05, 0.1) is 12.0 Å². The molecule has 0 aliphatic rings.